The van der Waals surface area contributed by atoms with Gasteiger partial charge in [-0.2, -0.15) is 0 Å². The fourth-order valence-corrected chi connectivity index (χ4v) is 1.32. The number of hydrogen-bond donors (Lipinski definition) is 1. The fourth-order valence-electron chi connectivity index (χ4n) is 1.32. The highest BCUT2D eigenvalue weighted by molar-refractivity contribution is 5.88. The van der Waals surface area contributed by atoms with E-state index in [9.17, 15) is 4.79 Å². The second kappa shape index (κ2) is 4.31. The highest BCUT2D eigenvalue weighted by Gasteiger charge is 2.23. The number of nitrogens with zero attached hydrogens (tertiary/aromatic N) is 2. The van der Waals surface area contributed by atoms with Crippen LogP contribution in [-0.2, 0) is 4.74 Å². The van der Waals surface area contributed by atoms with Crippen LogP contribution in [0.4, 0.5) is 5.82 Å². The van der Waals surface area contributed by atoms with Crippen LogP contribution in [0.1, 0.15) is 44.1 Å². The Morgan fingerprint density at radius 2 is 2.12 bits per heavy atom. The van der Waals surface area contributed by atoms with E-state index in [0.29, 0.717) is 11.9 Å². The fraction of sp³-hybridized carbons (Fsp3) is 0.583. The molecule has 0 aromatic carbocycles. The van der Waals surface area contributed by atoms with E-state index in [1.165, 1.54) is 6.33 Å². The maximum atomic E-state index is 11.8. The lowest BCUT2D eigenvalue weighted by Crippen LogP contribution is -2.24. The molecular weight excluding hydrogens is 218 g/mol. The van der Waals surface area contributed by atoms with E-state index in [4.69, 9.17) is 4.74 Å². The number of ether oxygens (including phenoxy) is 1. The van der Waals surface area contributed by atoms with Crippen molar-refractivity contribution in [2.24, 2.45) is 0 Å². The number of rotatable bonds is 3. The zero-order valence-electron chi connectivity index (χ0n) is 10.4. The van der Waals surface area contributed by atoms with Gasteiger partial charge in [-0.05, 0) is 33.6 Å². The third kappa shape index (κ3) is 3.69. The van der Waals surface area contributed by atoms with Gasteiger partial charge in [0.2, 0.25) is 0 Å². The van der Waals surface area contributed by atoms with Crippen LogP contribution >= 0.6 is 0 Å². The van der Waals surface area contributed by atoms with Gasteiger partial charge in [0, 0.05) is 12.1 Å². The minimum Gasteiger partial charge on any atom is -0.455 e. The first-order valence-electron chi connectivity index (χ1n) is 5.76. The highest BCUT2D eigenvalue weighted by Crippen LogP contribution is 2.23. The summed E-state index contributed by atoms with van der Waals surface area (Å²) < 4.78 is 5.24. The summed E-state index contributed by atoms with van der Waals surface area (Å²) in [7, 11) is 0. The Morgan fingerprint density at radius 3 is 2.71 bits per heavy atom. The van der Waals surface area contributed by atoms with Gasteiger partial charge in [-0.15, -0.1) is 0 Å². The molecule has 0 aliphatic heterocycles. The Bertz CT molecular complexity index is 422. The van der Waals surface area contributed by atoms with Gasteiger partial charge in [0.25, 0.3) is 0 Å². The van der Waals surface area contributed by atoms with Crippen molar-refractivity contribution in [3.8, 4) is 0 Å². The van der Waals surface area contributed by atoms with E-state index in [-0.39, 0.29) is 5.69 Å². The van der Waals surface area contributed by atoms with E-state index in [1.54, 1.807) is 6.07 Å². The monoisotopic (exact) mass is 235 g/mol. The molecule has 1 saturated carbocycles. The molecule has 0 spiro atoms. The molecule has 0 amide bonds. The average molecular weight is 235 g/mol. The summed E-state index contributed by atoms with van der Waals surface area (Å²) in [6.45, 7) is 5.49. The lowest BCUT2D eigenvalue weighted by atomic mass is 10.2. The van der Waals surface area contributed by atoms with Gasteiger partial charge in [-0.1, -0.05) is 0 Å². The van der Waals surface area contributed by atoms with Crippen molar-refractivity contribution in [3.63, 3.8) is 0 Å². The third-order valence-corrected chi connectivity index (χ3v) is 2.20. The molecule has 0 atom stereocenters. The van der Waals surface area contributed by atoms with E-state index in [2.05, 4.69) is 15.3 Å². The van der Waals surface area contributed by atoms with Crippen LogP contribution in [0.5, 0.6) is 0 Å². The quantitative estimate of drug-likeness (QED) is 0.812. The van der Waals surface area contributed by atoms with Crippen molar-refractivity contribution in [1.82, 2.24) is 9.97 Å². The summed E-state index contributed by atoms with van der Waals surface area (Å²) in [5.41, 5.74) is -0.218. The minimum absolute atomic E-state index is 0.290. The molecule has 5 nitrogen and oxygen atoms in total. The maximum Gasteiger partial charge on any atom is 0.357 e. The topological polar surface area (TPSA) is 64.1 Å². The van der Waals surface area contributed by atoms with Crippen LogP contribution in [0, 0.1) is 0 Å². The van der Waals surface area contributed by atoms with E-state index in [0.717, 1.165) is 12.8 Å². The van der Waals surface area contributed by atoms with Crippen molar-refractivity contribution in [3.05, 3.63) is 18.1 Å². The molecule has 17 heavy (non-hydrogen) atoms. The smallest absolute Gasteiger partial charge is 0.357 e. The molecule has 1 N–H and O–H groups in total. The van der Waals surface area contributed by atoms with Crippen LogP contribution in [0.25, 0.3) is 0 Å². The molecule has 1 aliphatic carbocycles. The standard InChI is InChI=1S/C12H17N3O2/c1-12(2,3)17-11(16)9-6-10(14-7-13-9)15-8-4-5-8/h6-8H,4-5H2,1-3H3,(H,13,14,15). The molecule has 92 valence electrons. The van der Waals surface area contributed by atoms with Crippen molar-refractivity contribution in [1.29, 1.82) is 0 Å². The normalized spacial score (nSPS) is 15.5. The molecule has 1 fully saturated rings. The van der Waals surface area contributed by atoms with Gasteiger partial charge in [0.1, 0.15) is 17.7 Å². The summed E-state index contributed by atoms with van der Waals surface area (Å²) in [6, 6.07) is 2.13. The number of carbonyl (C=O) groups excluding carboxylic acids is 1. The van der Waals surface area contributed by atoms with Crippen molar-refractivity contribution >= 4 is 11.8 Å². The first-order valence-corrected chi connectivity index (χ1v) is 5.76. The zero-order chi connectivity index (χ0) is 12.5. The number of hydrogen-bond acceptors (Lipinski definition) is 5. The first kappa shape index (κ1) is 11.8. The van der Waals surface area contributed by atoms with Gasteiger partial charge < -0.3 is 10.1 Å². The van der Waals surface area contributed by atoms with Crippen LogP contribution < -0.4 is 5.32 Å². The Balaban J connectivity index is 2.06. The molecule has 0 bridgehead atoms. The summed E-state index contributed by atoms with van der Waals surface area (Å²) in [4.78, 5) is 19.8. The number of carbonyl (C=O) groups is 1. The zero-order valence-corrected chi connectivity index (χ0v) is 10.4. The van der Waals surface area contributed by atoms with E-state index in [1.807, 2.05) is 20.8 Å². The largest absolute Gasteiger partial charge is 0.455 e. The maximum absolute atomic E-state index is 11.8. The van der Waals surface area contributed by atoms with E-state index >= 15 is 0 Å². The predicted molar refractivity (Wildman–Crippen MR) is 63.8 cm³/mol. The van der Waals surface area contributed by atoms with Crippen LogP contribution in [0.15, 0.2) is 12.4 Å². The van der Waals surface area contributed by atoms with Crippen molar-refractivity contribution in [2.45, 2.75) is 45.3 Å². The molecule has 5 heteroatoms. The second-order valence-electron chi connectivity index (χ2n) is 5.21. The molecule has 1 aromatic rings. The van der Waals surface area contributed by atoms with E-state index < -0.39 is 11.6 Å². The Morgan fingerprint density at radius 1 is 1.41 bits per heavy atom. The van der Waals surface area contributed by atoms with Gasteiger partial charge in [-0.25, -0.2) is 14.8 Å². The van der Waals surface area contributed by atoms with Crippen LogP contribution in [0.3, 0.4) is 0 Å². The molecule has 1 heterocycles. The predicted octanol–water partition coefficient (Wildman–Crippen LogP) is 2.01. The first-order chi connectivity index (χ1) is 7.94. The third-order valence-electron chi connectivity index (χ3n) is 2.20. The minimum atomic E-state index is -0.508. The lowest BCUT2D eigenvalue weighted by molar-refractivity contribution is 0.00627. The van der Waals surface area contributed by atoms with Gasteiger partial charge in [0.05, 0.1) is 0 Å². The van der Waals surface area contributed by atoms with Crippen molar-refractivity contribution in [2.75, 3.05) is 5.32 Å². The van der Waals surface area contributed by atoms with Crippen LogP contribution in [0.2, 0.25) is 0 Å². The van der Waals surface area contributed by atoms with Gasteiger partial charge >= 0.3 is 5.97 Å². The molecular formula is C12H17N3O2. The highest BCUT2D eigenvalue weighted by atomic mass is 16.6. The molecule has 1 aliphatic rings. The lowest BCUT2D eigenvalue weighted by Gasteiger charge is -2.19. The Labute approximate surface area is 101 Å². The number of anilines is 1. The van der Waals surface area contributed by atoms with Gasteiger partial charge in [-0.3, -0.25) is 0 Å². The second-order valence-corrected chi connectivity index (χ2v) is 5.21. The average Bonchev–Trinajstić information content (AvgIpc) is 2.99. The summed E-state index contributed by atoms with van der Waals surface area (Å²) >= 11 is 0. The SMILES string of the molecule is CC(C)(C)OC(=O)c1cc(NC2CC2)ncn1. The molecule has 2 rings (SSSR count). The Kier molecular flexibility index (Phi) is 3.00. The number of esters is 1. The number of aromatic nitrogens is 2. The van der Waals surface area contributed by atoms with Gasteiger partial charge in [0.15, 0.2) is 5.69 Å². The summed E-state index contributed by atoms with van der Waals surface area (Å²) in [5, 5.41) is 3.22. The molecule has 0 unspecified atom stereocenters. The summed E-state index contributed by atoms with van der Waals surface area (Å²) in [6.07, 6.45) is 3.70. The summed E-state index contributed by atoms with van der Waals surface area (Å²) in [5.74, 6) is 0.266. The Hall–Kier alpha value is -1.65. The van der Waals surface area contributed by atoms with Crippen molar-refractivity contribution < 1.29 is 9.53 Å². The molecule has 1 aromatic heterocycles. The molecule has 0 radical (unpaired) electrons. The van der Waals surface area contributed by atoms with Crippen LogP contribution in [-0.4, -0.2) is 27.6 Å². The molecule has 0 saturated heterocycles. The number of nitrogens with one attached hydrogen (secondary N) is 1.